The molecule has 3 atom stereocenters. The van der Waals surface area contributed by atoms with Gasteiger partial charge in [-0.2, -0.15) is 0 Å². The third kappa shape index (κ3) is 5.03. The molecule has 1 N–H and O–H groups in total. The van der Waals surface area contributed by atoms with E-state index in [2.05, 4.69) is 12.2 Å². The third-order valence-electron chi connectivity index (χ3n) is 6.39. The van der Waals surface area contributed by atoms with Crippen molar-refractivity contribution < 1.29 is 28.6 Å². The highest BCUT2D eigenvalue weighted by Crippen LogP contribution is 2.47. The molecule has 7 heteroatoms. The Hall–Kier alpha value is -3.09. The summed E-state index contributed by atoms with van der Waals surface area (Å²) in [6.45, 7) is 8.50. The number of ketones is 1. The Morgan fingerprint density at radius 3 is 2.53 bits per heavy atom. The minimum absolute atomic E-state index is 0.232. The fourth-order valence-corrected chi connectivity index (χ4v) is 4.71. The summed E-state index contributed by atoms with van der Waals surface area (Å²) in [7, 11) is 1.29. The third-order valence-corrected chi connectivity index (χ3v) is 6.39. The largest absolute Gasteiger partial charge is 0.493 e. The molecule has 0 spiro atoms. The molecule has 0 saturated heterocycles. The molecule has 0 aromatic heterocycles. The lowest BCUT2D eigenvalue weighted by Gasteiger charge is -2.38. The summed E-state index contributed by atoms with van der Waals surface area (Å²) < 4.78 is 16.6. The lowest BCUT2D eigenvalue weighted by Crippen LogP contribution is -2.43. The van der Waals surface area contributed by atoms with Crippen LogP contribution in [0, 0.1) is 11.8 Å². The van der Waals surface area contributed by atoms with E-state index in [1.807, 2.05) is 45.0 Å². The van der Waals surface area contributed by atoms with Crippen molar-refractivity contribution in [3.05, 3.63) is 52.4 Å². The van der Waals surface area contributed by atoms with E-state index in [1.165, 1.54) is 7.11 Å². The molecule has 0 radical (unpaired) electrons. The van der Waals surface area contributed by atoms with Crippen LogP contribution in [0.3, 0.4) is 0 Å². The van der Waals surface area contributed by atoms with Gasteiger partial charge in [0.2, 0.25) is 0 Å². The first-order valence-corrected chi connectivity index (χ1v) is 12.1. The molecule has 3 rings (SSSR count). The molecule has 0 saturated carbocycles. The van der Waals surface area contributed by atoms with Crippen molar-refractivity contribution in [3.8, 4) is 5.75 Å². The summed E-state index contributed by atoms with van der Waals surface area (Å²) in [4.78, 5) is 39.6. The van der Waals surface area contributed by atoms with Gasteiger partial charge in [0.25, 0.3) is 0 Å². The predicted octanol–water partition coefficient (Wildman–Crippen LogP) is 4.43. The highest BCUT2D eigenvalue weighted by Gasteiger charge is 2.47. The number of rotatable bonds is 9. The molecule has 1 aromatic carbocycles. The van der Waals surface area contributed by atoms with Crippen molar-refractivity contribution >= 4 is 17.7 Å². The van der Waals surface area contributed by atoms with Gasteiger partial charge in [-0.15, -0.1) is 0 Å². The number of esters is 2. The van der Waals surface area contributed by atoms with Crippen LogP contribution in [0.4, 0.5) is 0 Å². The summed E-state index contributed by atoms with van der Waals surface area (Å²) in [5.74, 6) is -2.61. The maximum absolute atomic E-state index is 13.8. The molecule has 0 unspecified atom stereocenters. The van der Waals surface area contributed by atoms with E-state index in [0.29, 0.717) is 47.6 Å². The Labute approximate surface area is 201 Å². The normalized spacial score (nSPS) is 22.1. The van der Waals surface area contributed by atoms with Crippen LogP contribution in [0.1, 0.15) is 64.9 Å². The number of ether oxygens (including phenoxy) is 3. The van der Waals surface area contributed by atoms with Gasteiger partial charge in [-0.3, -0.25) is 9.59 Å². The molecule has 1 aliphatic heterocycles. The predicted molar refractivity (Wildman–Crippen MR) is 128 cm³/mol. The Morgan fingerprint density at radius 2 is 1.85 bits per heavy atom. The summed E-state index contributed by atoms with van der Waals surface area (Å²) in [5.41, 5.74) is 2.86. The molecule has 1 aromatic rings. The van der Waals surface area contributed by atoms with Gasteiger partial charge in [0.05, 0.1) is 31.8 Å². The van der Waals surface area contributed by atoms with Crippen LogP contribution < -0.4 is 10.1 Å². The van der Waals surface area contributed by atoms with Crippen molar-refractivity contribution in [2.45, 2.75) is 59.3 Å². The minimum atomic E-state index is -0.924. The number of hydrogen-bond acceptors (Lipinski definition) is 7. The van der Waals surface area contributed by atoms with Crippen molar-refractivity contribution in [1.29, 1.82) is 0 Å². The molecule has 0 amide bonds. The lowest BCUT2D eigenvalue weighted by molar-refractivity contribution is -0.151. The standard InChI is InChI=1S/C27H35NO6/c1-6-8-14-33-20-12-10-9-11-18(20)23-22(27(31)34-13-7-2)17(4)28-19-15-16(3)21(26(30)32-5)25(29)24(19)23/h9-12,16,21,23,28H,6-8,13-15H2,1-5H3/t16-,21-,23+/m0/s1. The zero-order chi connectivity index (χ0) is 24.8. The number of allylic oxidation sites excluding steroid dienone is 3. The zero-order valence-corrected chi connectivity index (χ0v) is 20.7. The van der Waals surface area contributed by atoms with Gasteiger partial charge >= 0.3 is 11.9 Å². The average molecular weight is 470 g/mol. The molecule has 2 aliphatic rings. The van der Waals surface area contributed by atoms with Gasteiger partial charge in [0.1, 0.15) is 11.7 Å². The van der Waals surface area contributed by atoms with Crippen LogP contribution >= 0.6 is 0 Å². The molecule has 34 heavy (non-hydrogen) atoms. The maximum atomic E-state index is 13.8. The molecular formula is C27H35NO6. The van der Waals surface area contributed by atoms with E-state index >= 15 is 0 Å². The van der Waals surface area contributed by atoms with E-state index in [-0.39, 0.29) is 18.3 Å². The molecule has 0 fully saturated rings. The molecular weight excluding hydrogens is 434 g/mol. The number of dihydropyridines is 1. The lowest BCUT2D eigenvalue weighted by atomic mass is 9.69. The van der Waals surface area contributed by atoms with E-state index in [4.69, 9.17) is 14.2 Å². The van der Waals surface area contributed by atoms with Crippen molar-refractivity contribution in [3.63, 3.8) is 0 Å². The van der Waals surface area contributed by atoms with Crippen LogP contribution in [0.2, 0.25) is 0 Å². The Bertz CT molecular complexity index is 1010. The van der Waals surface area contributed by atoms with E-state index in [0.717, 1.165) is 18.5 Å². The molecule has 184 valence electrons. The number of methoxy groups -OCH3 is 1. The number of carbonyl (C=O) groups excluding carboxylic acids is 3. The second-order valence-electron chi connectivity index (χ2n) is 8.91. The number of para-hydroxylation sites is 1. The Morgan fingerprint density at radius 1 is 1.12 bits per heavy atom. The van der Waals surface area contributed by atoms with Gasteiger partial charge in [-0.05, 0) is 38.2 Å². The number of unbranched alkanes of at least 4 members (excludes halogenated alkanes) is 1. The average Bonchev–Trinajstić information content (AvgIpc) is 2.82. The number of hydrogen-bond donors (Lipinski definition) is 1. The molecule has 0 bridgehead atoms. The van der Waals surface area contributed by atoms with Crippen LogP contribution in [0.15, 0.2) is 46.8 Å². The smallest absolute Gasteiger partial charge is 0.336 e. The van der Waals surface area contributed by atoms with Crippen molar-refractivity contribution in [1.82, 2.24) is 5.32 Å². The Kier molecular flexibility index (Phi) is 8.53. The molecule has 1 aliphatic carbocycles. The van der Waals surface area contributed by atoms with Crippen molar-refractivity contribution in [2.75, 3.05) is 20.3 Å². The SMILES string of the molecule is CCCCOc1ccccc1[C@@H]1C(C(=O)OCCC)=C(C)NC2=C1C(=O)[C@@H](C(=O)OC)[C@@H](C)C2. The first-order chi connectivity index (χ1) is 16.3. The number of Topliss-reactive ketones (excluding diaryl/α,β-unsaturated/α-hetero) is 1. The fraction of sp³-hybridized carbons (Fsp3) is 0.519. The first kappa shape index (κ1) is 25.5. The van der Waals surface area contributed by atoms with Crippen LogP contribution in [0.5, 0.6) is 5.75 Å². The zero-order valence-electron chi connectivity index (χ0n) is 20.7. The quantitative estimate of drug-likeness (QED) is 0.325. The summed E-state index contributed by atoms with van der Waals surface area (Å²) in [6, 6.07) is 7.46. The van der Waals surface area contributed by atoms with Gasteiger partial charge in [-0.25, -0.2) is 4.79 Å². The highest BCUT2D eigenvalue weighted by atomic mass is 16.5. The monoisotopic (exact) mass is 469 g/mol. The number of benzene rings is 1. The van der Waals surface area contributed by atoms with Gasteiger partial charge < -0.3 is 19.5 Å². The van der Waals surface area contributed by atoms with Crippen LogP contribution in [0.25, 0.3) is 0 Å². The van der Waals surface area contributed by atoms with Gasteiger partial charge in [-0.1, -0.05) is 45.4 Å². The second-order valence-corrected chi connectivity index (χ2v) is 8.91. The Balaban J connectivity index is 2.17. The summed E-state index contributed by atoms with van der Waals surface area (Å²) >= 11 is 0. The fourth-order valence-electron chi connectivity index (χ4n) is 4.71. The summed E-state index contributed by atoms with van der Waals surface area (Å²) in [6.07, 6.45) is 3.04. The van der Waals surface area contributed by atoms with Gasteiger partial charge in [0.15, 0.2) is 5.78 Å². The van der Waals surface area contributed by atoms with Gasteiger partial charge in [0, 0.05) is 22.5 Å². The number of carbonyl (C=O) groups is 3. The van der Waals surface area contributed by atoms with Crippen molar-refractivity contribution in [2.24, 2.45) is 11.8 Å². The highest BCUT2D eigenvalue weighted by molar-refractivity contribution is 6.12. The maximum Gasteiger partial charge on any atom is 0.336 e. The minimum Gasteiger partial charge on any atom is -0.493 e. The van der Waals surface area contributed by atoms with E-state index in [9.17, 15) is 14.4 Å². The molecule has 1 heterocycles. The first-order valence-electron chi connectivity index (χ1n) is 12.1. The topological polar surface area (TPSA) is 90.9 Å². The van der Waals surface area contributed by atoms with E-state index in [1.54, 1.807) is 0 Å². The van der Waals surface area contributed by atoms with E-state index < -0.39 is 23.8 Å². The van der Waals surface area contributed by atoms with Crippen LogP contribution in [-0.4, -0.2) is 38.0 Å². The second kappa shape index (κ2) is 11.4. The molecule has 7 nitrogen and oxygen atoms in total. The van der Waals surface area contributed by atoms with Crippen LogP contribution in [-0.2, 0) is 23.9 Å². The summed E-state index contributed by atoms with van der Waals surface area (Å²) in [5, 5.41) is 3.28. The number of nitrogens with one attached hydrogen (secondary N) is 1.